The van der Waals surface area contributed by atoms with Gasteiger partial charge in [0, 0.05) is 45.8 Å². The Morgan fingerprint density at radius 3 is 2.64 bits per heavy atom. The predicted octanol–water partition coefficient (Wildman–Crippen LogP) is 3.07. The van der Waals surface area contributed by atoms with Crippen LogP contribution in [0, 0.1) is 11.7 Å². The third-order valence-electron chi connectivity index (χ3n) is 5.32. The number of rotatable bonds is 6. The Hall–Kier alpha value is -1.46. The van der Waals surface area contributed by atoms with Gasteiger partial charge in [0.25, 0.3) is 0 Å². The summed E-state index contributed by atoms with van der Waals surface area (Å²) in [6.45, 7) is 7.12. The van der Waals surface area contributed by atoms with Gasteiger partial charge in [-0.15, -0.1) is 0 Å². The highest BCUT2D eigenvalue weighted by Crippen LogP contribution is 2.33. The molecule has 0 spiro atoms. The largest absolute Gasteiger partial charge is 0.378 e. The second-order valence-electron chi connectivity index (χ2n) is 7.26. The Morgan fingerprint density at radius 2 is 1.92 bits per heavy atom. The summed E-state index contributed by atoms with van der Waals surface area (Å²) in [5.41, 5.74) is 1.12. The highest BCUT2D eigenvalue weighted by molar-refractivity contribution is 5.76. The van der Waals surface area contributed by atoms with Crippen LogP contribution < -0.4 is 0 Å². The molecule has 0 unspecified atom stereocenters. The van der Waals surface area contributed by atoms with Crippen LogP contribution in [0.2, 0.25) is 0 Å². The van der Waals surface area contributed by atoms with Crippen molar-refractivity contribution in [2.24, 2.45) is 5.92 Å². The highest BCUT2D eigenvalue weighted by atomic mass is 19.1. The van der Waals surface area contributed by atoms with Crippen LogP contribution in [-0.4, -0.2) is 54.6 Å². The minimum atomic E-state index is -0.195. The first-order valence-electron chi connectivity index (χ1n) is 9.50. The summed E-state index contributed by atoms with van der Waals surface area (Å²) in [5.74, 6) is 0.602. The van der Waals surface area contributed by atoms with E-state index in [1.54, 1.807) is 0 Å². The lowest BCUT2D eigenvalue weighted by molar-refractivity contribution is -0.134. The van der Waals surface area contributed by atoms with Crippen LogP contribution in [0.3, 0.4) is 0 Å². The molecule has 1 heterocycles. The summed E-state index contributed by atoms with van der Waals surface area (Å²) in [5, 5.41) is 0. The van der Waals surface area contributed by atoms with Gasteiger partial charge in [-0.2, -0.15) is 0 Å². The molecule has 1 saturated heterocycles. The van der Waals surface area contributed by atoms with Crippen LogP contribution >= 0.6 is 0 Å². The van der Waals surface area contributed by atoms with Gasteiger partial charge >= 0.3 is 0 Å². The Kier molecular flexibility index (Phi) is 6.43. The van der Waals surface area contributed by atoms with Crippen molar-refractivity contribution in [1.82, 2.24) is 9.80 Å². The van der Waals surface area contributed by atoms with Crippen molar-refractivity contribution in [2.45, 2.75) is 45.3 Å². The SMILES string of the molecule is CCOC1CC(CC(=O)N2CCCN(Cc3ccc(F)cc3)CC2)C1. The number of nitrogens with zero attached hydrogens (tertiary/aromatic N) is 2. The summed E-state index contributed by atoms with van der Waals surface area (Å²) >= 11 is 0. The van der Waals surface area contributed by atoms with E-state index in [0.717, 1.165) is 64.2 Å². The molecule has 1 aromatic rings. The minimum Gasteiger partial charge on any atom is -0.378 e. The number of hydrogen-bond acceptors (Lipinski definition) is 3. The van der Waals surface area contributed by atoms with Crippen molar-refractivity contribution >= 4 is 5.91 Å². The van der Waals surface area contributed by atoms with E-state index in [9.17, 15) is 9.18 Å². The van der Waals surface area contributed by atoms with Gasteiger partial charge in [-0.05, 0) is 49.8 Å². The molecule has 3 rings (SSSR count). The number of amides is 1. The van der Waals surface area contributed by atoms with E-state index in [1.165, 1.54) is 12.1 Å². The van der Waals surface area contributed by atoms with Gasteiger partial charge in [-0.25, -0.2) is 4.39 Å². The zero-order valence-corrected chi connectivity index (χ0v) is 15.1. The van der Waals surface area contributed by atoms with Crippen LogP contribution in [0.25, 0.3) is 0 Å². The molecule has 5 heteroatoms. The lowest BCUT2D eigenvalue weighted by atomic mass is 9.79. The molecule has 4 nitrogen and oxygen atoms in total. The molecule has 2 fully saturated rings. The smallest absolute Gasteiger partial charge is 0.222 e. The molecule has 0 radical (unpaired) electrons. The van der Waals surface area contributed by atoms with Gasteiger partial charge in [-0.1, -0.05) is 12.1 Å². The third-order valence-corrected chi connectivity index (χ3v) is 5.32. The first kappa shape index (κ1) is 18.3. The predicted molar refractivity (Wildman–Crippen MR) is 95.6 cm³/mol. The molecule has 138 valence electrons. The van der Waals surface area contributed by atoms with Crippen molar-refractivity contribution in [2.75, 3.05) is 32.8 Å². The van der Waals surface area contributed by atoms with E-state index in [0.29, 0.717) is 24.3 Å². The van der Waals surface area contributed by atoms with E-state index in [1.807, 2.05) is 24.0 Å². The normalized spacial score (nSPS) is 24.6. The van der Waals surface area contributed by atoms with Crippen LogP contribution in [0.5, 0.6) is 0 Å². The van der Waals surface area contributed by atoms with Crippen molar-refractivity contribution in [3.63, 3.8) is 0 Å². The van der Waals surface area contributed by atoms with E-state index in [2.05, 4.69) is 4.90 Å². The fourth-order valence-corrected chi connectivity index (χ4v) is 3.82. The molecule has 25 heavy (non-hydrogen) atoms. The van der Waals surface area contributed by atoms with Crippen LogP contribution in [-0.2, 0) is 16.1 Å². The molecule has 0 atom stereocenters. The first-order chi connectivity index (χ1) is 12.1. The molecular formula is C20H29FN2O2. The fraction of sp³-hybridized carbons (Fsp3) is 0.650. The lowest BCUT2D eigenvalue weighted by Crippen LogP contribution is -2.39. The van der Waals surface area contributed by atoms with Crippen LogP contribution in [0.1, 0.15) is 38.2 Å². The van der Waals surface area contributed by atoms with E-state index < -0.39 is 0 Å². The molecule has 0 aromatic heterocycles. The van der Waals surface area contributed by atoms with Gasteiger partial charge in [-0.3, -0.25) is 9.69 Å². The second kappa shape index (κ2) is 8.77. The summed E-state index contributed by atoms with van der Waals surface area (Å²) in [7, 11) is 0. The van der Waals surface area contributed by atoms with Gasteiger partial charge in [0.15, 0.2) is 0 Å². The summed E-state index contributed by atoms with van der Waals surface area (Å²) in [6.07, 6.45) is 4.10. The Bertz CT molecular complexity index is 557. The maximum atomic E-state index is 13.0. The quantitative estimate of drug-likeness (QED) is 0.792. The third kappa shape index (κ3) is 5.25. The maximum Gasteiger partial charge on any atom is 0.222 e. The van der Waals surface area contributed by atoms with Crippen molar-refractivity contribution in [1.29, 1.82) is 0 Å². The maximum absolute atomic E-state index is 13.0. The Labute approximate surface area is 149 Å². The number of carbonyl (C=O) groups is 1. The number of carbonyl (C=O) groups excluding carboxylic acids is 1. The lowest BCUT2D eigenvalue weighted by Gasteiger charge is -2.35. The molecule has 1 saturated carbocycles. The average Bonchev–Trinajstić information content (AvgIpc) is 2.81. The number of halogens is 1. The molecule has 0 N–H and O–H groups in total. The number of hydrogen-bond donors (Lipinski definition) is 0. The zero-order valence-electron chi connectivity index (χ0n) is 15.1. The Morgan fingerprint density at radius 1 is 1.16 bits per heavy atom. The molecule has 1 aliphatic carbocycles. The summed E-state index contributed by atoms with van der Waals surface area (Å²) < 4.78 is 18.6. The van der Waals surface area contributed by atoms with Gasteiger partial charge < -0.3 is 9.64 Å². The molecule has 0 bridgehead atoms. The van der Waals surface area contributed by atoms with Gasteiger partial charge in [0.05, 0.1) is 6.10 Å². The topological polar surface area (TPSA) is 32.8 Å². The fourth-order valence-electron chi connectivity index (χ4n) is 3.82. The molecule has 2 aliphatic rings. The van der Waals surface area contributed by atoms with E-state index in [-0.39, 0.29) is 5.82 Å². The monoisotopic (exact) mass is 348 g/mol. The molecular weight excluding hydrogens is 319 g/mol. The molecule has 1 aliphatic heterocycles. The van der Waals surface area contributed by atoms with Crippen molar-refractivity contribution < 1.29 is 13.9 Å². The molecule has 1 amide bonds. The zero-order chi connectivity index (χ0) is 17.6. The number of ether oxygens (including phenoxy) is 1. The summed E-state index contributed by atoms with van der Waals surface area (Å²) in [6, 6.07) is 6.71. The standard InChI is InChI=1S/C20H29FN2O2/c1-2-25-19-12-17(13-19)14-20(24)23-9-3-8-22(10-11-23)15-16-4-6-18(21)7-5-16/h4-7,17,19H,2-3,8-15H2,1H3. The van der Waals surface area contributed by atoms with Gasteiger partial charge in [0.2, 0.25) is 5.91 Å². The van der Waals surface area contributed by atoms with E-state index >= 15 is 0 Å². The van der Waals surface area contributed by atoms with Crippen LogP contribution in [0.15, 0.2) is 24.3 Å². The minimum absolute atomic E-state index is 0.195. The second-order valence-corrected chi connectivity index (χ2v) is 7.26. The first-order valence-corrected chi connectivity index (χ1v) is 9.50. The van der Waals surface area contributed by atoms with E-state index in [4.69, 9.17) is 4.74 Å². The average molecular weight is 348 g/mol. The van der Waals surface area contributed by atoms with Crippen molar-refractivity contribution in [3.8, 4) is 0 Å². The molecule has 1 aromatic carbocycles. The van der Waals surface area contributed by atoms with Crippen molar-refractivity contribution in [3.05, 3.63) is 35.6 Å². The number of benzene rings is 1. The highest BCUT2D eigenvalue weighted by Gasteiger charge is 2.32. The summed E-state index contributed by atoms with van der Waals surface area (Å²) in [4.78, 5) is 16.9. The van der Waals surface area contributed by atoms with Crippen LogP contribution in [0.4, 0.5) is 4.39 Å². The van der Waals surface area contributed by atoms with Gasteiger partial charge in [0.1, 0.15) is 5.82 Å². The Balaban J connectivity index is 1.42.